The number of hydrogen-bond donors (Lipinski definition) is 0. The number of allylic oxidation sites excluding steroid dienone is 1. The highest BCUT2D eigenvalue weighted by atomic mass is 16.6. The molecule has 78 valence electrons. The molecule has 0 aromatic heterocycles. The first kappa shape index (κ1) is 13.1. The van der Waals surface area contributed by atoms with Gasteiger partial charge in [0.1, 0.15) is 12.1 Å². The van der Waals surface area contributed by atoms with E-state index in [2.05, 4.69) is 6.58 Å². The van der Waals surface area contributed by atoms with Crippen LogP contribution >= 0.6 is 0 Å². The summed E-state index contributed by atoms with van der Waals surface area (Å²) in [7, 11) is 7.15. The highest BCUT2D eigenvalue weighted by molar-refractivity contribution is 6.10. The first-order valence-corrected chi connectivity index (χ1v) is 4.57. The molecule has 0 heterocycles. The first-order chi connectivity index (χ1) is 6.26. The maximum Gasteiger partial charge on any atom is 0.326 e. The van der Waals surface area contributed by atoms with Gasteiger partial charge in [-0.05, 0) is 26.5 Å². The second kappa shape index (κ2) is 5.08. The van der Waals surface area contributed by atoms with Gasteiger partial charge in [0.2, 0.25) is 0 Å². The second-order valence-electron chi connectivity index (χ2n) is 4.21. The minimum atomic E-state index is -0.442. The van der Waals surface area contributed by atoms with Gasteiger partial charge in [-0.1, -0.05) is 12.9 Å². The molecule has 0 aliphatic rings. The lowest BCUT2D eigenvalue weighted by Gasteiger charge is -2.24. The first-order valence-electron chi connectivity index (χ1n) is 4.57. The van der Waals surface area contributed by atoms with Crippen LogP contribution in [0.15, 0.2) is 12.3 Å². The zero-order chi connectivity index (χ0) is 11.4. The Morgan fingerprint density at radius 1 is 1.50 bits per heavy atom. The lowest BCUT2D eigenvalue weighted by atomic mass is 10.0. The molecular weight excluding hydrogens is 177 g/mol. The summed E-state index contributed by atoms with van der Waals surface area (Å²) in [6.07, 6.45) is 0.347. The number of hydrogen-bond acceptors (Lipinski definition) is 3. The normalized spacial score (nSPS) is 10.9. The van der Waals surface area contributed by atoms with Crippen LogP contribution in [0.1, 0.15) is 20.8 Å². The Kier molecular flexibility index (Phi) is 4.74. The summed E-state index contributed by atoms with van der Waals surface area (Å²) in [5, 5.41) is 0. The quantitative estimate of drug-likeness (QED) is 0.501. The molecule has 0 unspecified atom stereocenters. The smallest absolute Gasteiger partial charge is 0.326 e. The summed E-state index contributed by atoms with van der Waals surface area (Å²) in [4.78, 5) is 13.0. The molecule has 0 N–H and O–H groups in total. The Labute approximate surface area is 87.5 Å². The number of likely N-dealkylation sites (N-methyl/N-ethyl adjacent to an activating group) is 1. The molecule has 0 saturated carbocycles. The minimum absolute atomic E-state index is 0.188. The number of nitrogens with zero attached hydrogens (tertiary/aromatic N) is 1. The highest BCUT2D eigenvalue weighted by Gasteiger charge is 2.17. The van der Waals surface area contributed by atoms with Crippen molar-refractivity contribution in [2.75, 3.05) is 13.6 Å². The maximum absolute atomic E-state index is 11.3. The molecule has 2 radical (unpaired) electrons. The van der Waals surface area contributed by atoms with Gasteiger partial charge in [-0.15, -0.1) is 0 Å². The predicted octanol–water partition coefficient (Wildman–Crippen LogP) is 1.36. The Morgan fingerprint density at radius 3 is 2.36 bits per heavy atom. The van der Waals surface area contributed by atoms with E-state index < -0.39 is 5.60 Å². The van der Waals surface area contributed by atoms with Crippen LogP contribution in [0.2, 0.25) is 6.32 Å². The molecule has 0 aliphatic heterocycles. The van der Waals surface area contributed by atoms with Crippen LogP contribution in [0.25, 0.3) is 0 Å². The third kappa shape index (κ3) is 5.67. The molecule has 0 aromatic carbocycles. The van der Waals surface area contributed by atoms with E-state index in [1.165, 1.54) is 0 Å². The SMILES string of the molecule is [B]CC(=C)N(C)CC(=O)OC(C)(C)C. The fraction of sp³-hybridized carbons (Fsp3) is 0.700. The van der Waals surface area contributed by atoms with Crippen molar-refractivity contribution in [2.24, 2.45) is 0 Å². The summed E-state index contributed by atoms with van der Waals surface area (Å²) in [5.74, 6) is -0.269. The van der Waals surface area contributed by atoms with Gasteiger partial charge in [0.25, 0.3) is 0 Å². The van der Waals surface area contributed by atoms with Gasteiger partial charge in [-0.3, -0.25) is 4.79 Å². The van der Waals surface area contributed by atoms with E-state index in [0.717, 1.165) is 5.70 Å². The third-order valence-corrected chi connectivity index (χ3v) is 1.56. The fourth-order valence-corrected chi connectivity index (χ4v) is 0.835. The Morgan fingerprint density at radius 2 is 2.00 bits per heavy atom. The zero-order valence-electron chi connectivity index (χ0n) is 9.46. The van der Waals surface area contributed by atoms with Gasteiger partial charge < -0.3 is 9.64 Å². The third-order valence-electron chi connectivity index (χ3n) is 1.56. The van der Waals surface area contributed by atoms with E-state index in [4.69, 9.17) is 12.6 Å². The second-order valence-corrected chi connectivity index (χ2v) is 4.21. The molecule has 0 atom stereocenters. The highest BCUT2D eigenvalue weighted by Crippen LogP contribution is 2.08. The van der Waals surface area contributed by atoms with Crippen molar-refractivity contribution in [1.82, 2.24) is 4.90 Å². The van der Waals surface area contributed by atoms with Crippen molar-refractivity contribution in [3.8, 4) is 0 Å². The van der Waals surface area contributed by atoms with Crippen molar-refractivity contribution in [2.45, 2.75) is 32.7 Å². The number of esters is 1. The van der Waals surface area contributed by atoms with E-state index >= 15 is 0 Å². The van der Waals surface area contributed by atoms with Crippen molar-refractivity contribution < 1.29 is 9.53 Å². The molecule has 0 bridgehead atoms. The molecule has 4 heteroatoms. The van der Waals surface area contributed by atoms with Gasteiger partial charge in [0.05, 0.1) is 7.85 Å². The van der Waals surface area contributed by atoms with Crippen LogP contribution < -0.4 is 0 Å². The van der Waals surface area contributed by atoms with Crippen LogP contribution in [-0.2, 0) is 9.53 Å². The van der Waals surface area contributed by atoms with Crippen molar-refractivity contribution in [3.63, 3.8) is 0 Å². The van der Waals surface area contributed by atoms with Gasteiger partial charge in [-0.25, -0.2) is 0 Å². The maximum atomic E-state index is 11.3. The van der Waals surface area contributed by atoms with Gasteiger partial charge in [-0.2, -0.15) is 0 Å². The van der Waals surface area contributed by atoms with Crippen LogP contribution in [0.3, 0.4) is 0 Å². The van der Waals surface area contributed by atoms with Crippen LogP contribution in [0, 0.1) is 0 Å². The molecule has 3 nitrogen and oxygen atoms in total. The van der Waals surface area contributed by atoms with Gasteiger partial charge >= 0.3 is 5.97 Å². The molecule has 0 aromatic rings. The number of carbonyl (C=O) groups is 1. The zero-order valence-corrected chi connectivity index (χ0v) is 9.46. The lowest BCUT2D eigenvalue weighted by Crippen LogP contribution is -2.32. The van der Waals surface area contributed by atoms with E-state index in [9.17, 15) is 4.79 Å². The Hall–Kier alpha value is -0.925. The molecule has 0 fully saturated rings. The van der Waals surface area contributed by atoms with Gasteiger partial charge in [0.15, 0.2) is 0 Å². The molecule has 0 aliphatic carbocycles. The summed E-state index contributed by atoms with van der Waals surface area (Å²) in [6.45, 7) is 9.41. The molecule has 0 rings (SSSR count). The largest absolute Gasteiger partial charge is 0.459 e. The van der Waals surface area contributed by atoms with Crippen molar-refractivity contribution in [1.29, 1.82) is 0 Å². The number of rotatable bonds is 4. The molecular formula is C10H18BNO2. The summed E-state index contributed by atoms with van der Waals surface area (Å²) >= 11 is 0. The van der Waals surface area contributed by atoms with Gasteiger partial charge in [0, 0.05) is 7.05 Å². The van der Waals surface area contributed by atoms with E-state index in [1.54, 1.807) is 11.9 Å². The number of ether oxygens (including phenoxy) is 1. The summed E-state index contributed by atoms with van der Waals surface area (Å²) in [6, 6.07) is 0. The van der Waals surface area contributed by atoms with Crippen LogP contribution in [0.4, 0.5) is 0 Å². The topological polar surface area (TPSA) is 29.5 Å². The molecule has 0 amide bonds. The Balaban J connectivity index is 4.01. The lowest BCUT2D eigenvalue weighted by molar-refractivity contribution is -0.155. The minimum Gasteiger partial charge on any atom is -0.459 e. The monoisotopic (exact) mass is 195 g/mol. The van der Waals surface area contributed by atoms with Crippen molar-refractivity contribution >= 4 is 13.8 Å². The van der Waals surface area contributed by atoms with E-state index in [-0.39, 0.29) is 12.5 Å². The fourth-order valence-electron chi connectivity index (χ4n) is 0.835. The van der Waals surface area contributed by atoms with Crippen molar-refractivity contribution in [3.05, 3.63) is 12.3 Å². The predicted molar refractivity (Wildman–Crippen MR) is 58.2 cm³/mol. The van der Waals surface area contributed by atoms with E-state index in [0.29, 0.717) is 6.32 Å². The molecule has 0 saturated heterocycles. The average Bonchev–Trinajstić information content (AvgIpc) is 1.99. The molecule has 0 spiro atoms. The molecule has 14 heavy (non-hydrogen) atoms. The van der Waals surface area contributed by atoms with Crippen LogP contribution in [-0.4, -0.2) is 37.9 Å². The Bertz CT molecular complexity index is 221. The average molecular weight is 195 g/mol. The summed E-state index contributed by atoms with van der Waals surface area (Å²) in [5.41, 5.74) is 0.276. The summed E-state index contributed by atoms with van der Waals surface area (Å²) < 4.78 is 5.14. The standard InChI is InChI=1S/C10H18BNO2/c1-8(6-11)12(5)7-9(13)14-10(2,3)4/h1,6-7H2,2-5H3. The van der Waals surface area contributed by atoms with E-state index in [1.807, 2.05) is 20.8 Å². The number of carbonyl (C=O) groups excluding carboxylic acids is 1. The van der Waals surface area contributed by atoms with Crippen LogP contribution in [0.5, 0.6) is 0 Å².